The molecule has 2 unspecified atom stereocenters. The number of halogens is 1. The average molecular weight is 425 g/mol. The van der Waals surface area contributed by atoms with Crippen LogP contribution in [0.1, 0.15) is 43.0 Å². The zero-order valence-electron chi connectivity index (χ0n) is 17.8. The van der Waals surface area contributed by atoms with Crippen LogP contribution in [0, 0.1) is 11.7 Å². The lowest BCUT2D eigenvalue weighted by Crippen LogP contribution is -2.60. The second-order valence-corrected chi connectivity index (χ2v) is 8.67. The number of carbonyl (C=O) groups is 2. The van der Waals surface area contributed by atoms with Crippen LogP contribution in [-0.4, -0.2) is 53.4 Å². The van der Waals surface area contributed by atoms with Crippen molar-refractivity contribution in [1.82, 2.24) is 20.5 Å². The average Bonchev–Trinajstić information content (AvgIpc) is 2.73. The zero-order valence-corrected chi connectivity index (χ0v) is 17.8. The largest absolute Gasteiger partial charge is 0.349 e. The molecule has 1 saturated heterocycles. The number of likely N-dealkylation sites (tertiary alicyclic amines) is 1. The quantitative estimate of drug-likeness (QED) is 0.748. The minimum Gasteiger partial charge on any atom is -0.349 e. The molecule has 6 nitrogen and oxygen atoms in total. The number of carbonyl (C=O) groups excluding carboxylic acids is 2. The lowest BCUT2D eigenvalue weighted by atomic mass is 9.85. The maximum Gasteiger partial charge on any atom is 0.253 e. The van der Waals surface area contributed by atoms with Crippen LogP contribution in [0.4, 0.5) is 4.39 Å². The molecule has 164 valence electrons. The Morgan fingerprint density at radius 3 is 2.71 bits per heavy atom. The molecule has 2 N–H and O–H groups in total. The van der Waals surface area contributed by atoms with Crippen LogP contribution in [0.2, 0.25) is 0 Å². The highest BCUT2D eigenvalue weighted by atomic mass is 19.1. The molecule has 1 aliphatic carbocycles. The van der Waals surface area contributed by atoms with E-state index >= 15 is 0 Å². The summed E-state index contributed by atoms with van der Waals surface area (Å²) in [6, 6.07) is 10.3. The van der Waals surface area contributed by atoms with Gasteiger partial charge in [0.2, 0.25) is 5.91 Å². The van der Waals surface area contributed by atoms with Crippen LogP contribution >= 0.6 is 0 Å². The molecule has 1 saturated carbocycles. The van der Waals surface area contributed by atoms with E-state index in [1.807, 2.05) is 4.90 Å². The summed E-state index contributed by atoms with van der Waals surface area (Å²) in [6.45, 7) is 4.11. The monoisotopic (exact) mass is 424 g/mol. The second kappa shape index (κ2) is 9.56. The minimum atomic E-state index is -0.309. The van der Waals surface area contributed by atoms with Crippen molar-refractivity contribution in [2.75, 3.05) is 19.6 Å². The van der Waals surface area contributed by atoms with Gasteiger partial charge in [-0.2, -0.15) is 0 Å². The van der Waals surface area contributed by atoms with Crippen molar-refractivity contribution in [3.05, 3.63) is 54.0 Å². The zero-order chi connectivity index (χ0) is 21.8. The van der Waals surface area contributed by atoms with Gasteiger partial charge in [0.15, 0.2) is 0 Å². The molecule has 1 aliphatic heterocycles. The van der Waals surface area contributed by atoms with Gasteiger partial charge in [0.25, 0.3) is 5.91 Å². The maximum atomic E-state index is 13.4. The number of pyridine rings is 1. The molecule has 2 aromatic rings. The molecule has 2 amide bonds. The van der Waals surface area contributed by atoms with Gasteiger partial charge < -0.3 is 15.5 Å². The Morgan fingerprint density at radius 1 is 1.16 bits per heavy atom. The maximum absolute atomic E-state index is 13.4. The summed E-state index contributed by atoms with van der Waals surface area (Å²) in [6.07, 6.45) is 5.74. The summed E-state index contributed by atoms with van der Waals surface area (Å²) < 4.78 is 13.4. The van der Waals surface area contributed by atoms with E-state index in [2.05, 4.69) is 15.6 Å². The number of hydrogen-bond acceptors (Lipinski definition) is 4. The fraction of sp³-hybridized carbons (Fsp3) is 0.458. The Hall–Kier alpha value is -2.80. The molecule has 2 atom stereocenters. The lowest BCUT2D eigenvalue weighted by molar-refractivity contribution is -0.133. The van der Waals surface area contributed by atoms with Crippen LogP contribution in [0.15, 0.2) is 42.6 Å². The molecule has 0 radical (unpaired) electrons. The minimum absolute atomic E-state index is 0.118. The van der Waals surface area contributed by atoms with Gasteiger partial charge in [0.05, 0.1) is 11.3 Å². The molecule has 31 heavy (non-hydrogen) atoms. The number of rotatable bonds is 6. The van der Waals surface area contributed by atoms with Crippen LogP contribution in [-0.2, 0) is 4.79 Å². The van der Waals surface area contributed by atoms with E-state index in [0.717, 1.165) is 45.3 Å². The summed E-state index contributed by atoms with van der Waals surface area (Å²) in [5.41, 5.74) is 1.84. The van der Waals surface area contributed by atoms with E-state index in [9.17, 15) is 14.0 Å². The fourth-order valence-corrected chi connectivity index (χ4v) is 4.42. The molecule has 2 heterocycles. The third-order valence-corrected chi connectivity index (χ3v) is 6.29. The van der Waals surface area contributed by atoms with Crippen molar-refractivity contribution in [3.63, 3.8) is 0 Å². The van der Waals surface area contributed by atoms with E-state index in [-0.39, 0.29) is 23.7 Å². The molecular weight excluding hydrogens is 395 g/mol. The first-order chi connectivity index (χ1) is 15.0. The predicted molar refractivity (Wildman–Crippen MR) is 117 cm³/mol. The first-order valence-electron chi connectivity index (χ1n) is 11.0. The topological polar surface area (TPSA) is 74.3 Å². The van der Waals surface area contributed by atoms with Gasteiger partial charge in [-0.05, 0) is 56.0 Å². The van der Waals surface area contributed by atoms with Gasteiger partial charge in [0, 0.05) is 43.9 Å². The second-order valence-electron chi connectivity index (χ2n) is 8.67. The third kappa shape index (κ3) is 5.47. The summed E-state index contributed by atoms with van der Waals surface area (Å²) in [4.78, 5) is 30.1. The van der Waals surface area contributed by atoms with Crippen LogP contribution in [0.3, 0.4) is 0 Å². The Kier molecular flexibility index (Phi) is 6.61. The van der Waals surface area contributed by atoms with Crippen molar-refractivity contribution < 1.29 is 14.0 Å². The molecular formula is C24H29FN4O2. The highest BCUT2D eigenvalue weighted by Gasteiger charge is 2.30. The Labute approximate surface area is 182 Å². The van der Waals surface area contributed by atoms with Crippen molar-refractivity contribution in [3.8, 4) is 11.3 Å². The fourth-order valence-electron chi connectivity index (χ4n) is 4.42. The summed E-state index contributed by atoms with van der Waals surface area (Å²) in [7, 11) is 0. The first kappa shape index (κ1) is 21.4. The van der Waals surface area contributed by atoms with E-state index in [1.165, 1.54) is 12.1 Å². The van der Waals surface area contributed by atoms with Crippen LogP contribution in [0.25, 0.3) is 11.3 Å². The van der Waals surface area contributed by atoms with Gasteiger partial charge >= 0.3 is 0 Å². The van der Waals surface area contributed by atoms with E-state index in [1.54, 1.807) is 37.4 Å². The summed E-state index contributed by atoms with van der Waals surface area (Å²) in [5, 5.41) is 6.71. The molecule has 7 heteroatoms. The number of aromatic nitrogens is 1. The first-order valence-corrected chi connectivity index (χ1v) is 11.0. The van der Waals surface area contributed by atoms with E-state index in [0.29, 0.717) is 28.8 Å². The lowest BCUT2D eigenvalue weighted by Gasteiger charge is -2.40. The molecule has 0 spiro atoms. The van der Waals surface area contributed by atoms with Gasteiger partial charge in [-0.15, -0.1) is 0 Å². The molecule has 2 fully saturated rings. The smallest absolute Gasteiger partial charge is 0.253 e. The Morgan fingerprint density at radius 2 is 2.00 bits per heavy atom. The van der Waals surface area contributed by atoms with Gasteiger partial charge in [-0.25, -0.2) is 4.39 Å². The van der Waals surface area contributed by atoms with Crippen molar-refractivity contribution in [2.24, 2.45) is 5.92 Å². The number of amides is 2. The molecule has 2 aliphatic rings. The Bertz CT molecular complexity index is 927. The molecule has 0 bridgehead atoms. The van der Waals surface area contributed by atoms with Crippen molar-refractivity contribution in [2.45, 2.75) is 44.7 Å². The van der Waals surface area contributed by atoms with E-state index in [4.69, 9.17) is 0 Å². The molecule has 1 aromatic heterocycles. The highest BCUT2D eigenvalue weighted by Crippen LogP contribution is 2.25. The molecule has 4 rings (SSSR count). The number of nitrogens with zero attached hydrogens (tertiary/aromatic N) is 2. The number of benzene rings is 1. The van der Waals surface area contributed by atoms with Gasteiger partial charge in [-0.3, -0.25) is 14.6 Å². The summed E-state index contributed by atoms with van der Waals surface area (Å²) in [5.74, 6) is 0.236. The highest BCUT2D eigenvalue weighted by molar-refractivity contribution is 5.94. The molecule has 1 aromatic carbocycles. The third-order valence-electron chi connectivity index (χ3n) is 6.29. The van der Waals surface area contributed by atoms with Gasteiger partial charge in [0.1, 0.15) is 5.82 Å². The Balaban J connectivity index is 1.26. The SMILES string of the molecule is CC(=O)N1CC(NCC2CCCC(NC(=O)c3ccc(-c4cccc(F)c4)nc3)C2)C1. The van der Waals surface area contributed by atoms with Gasteiger partial charge in [-0.1, -0.05) is 18.6 Å². The number of hydrogen-bond donors (Lipinski definition) is 2. The predicted octanol–water partition coefficient (Wildman–Crippen LogP) is 3.00. The standard InChI is InChI=1S/C24H29FN4O2/c1-16(30)29-14-22(15-29)26-12-17-4-2-7-21(10-17)28-24(31)19-8-9-23(27-13-19)18-5-3-6-20(25)11-18/h3,5-6,8-9,11,13,17,21-22,26H,2,4,7,10,12,14-15H2,1H3,(H,28,31). The van der Waals surface area contributed by atoms with Crippen molar-refractivity contribution >= 4 is 11.8 Å². The van der Waals surface area contributed by atoms with Crippen LogP contribution < -0.4 is 10.6 Å². The summed E-state index contributed by atoms with van der Waals surface area (Å²) >= 11 is 0. The van der Waals surface area contributed by atoms with E-state index < -0.39 is 0 Å². The normalized spacial score (nSPS) is 21.4. The van der Waals surface area contributed by atoms with Crippen molar-refractivity contribution in [1.29, 1.82) is 0 Å². The van der Waals surface area contributed by atoms with Crippen LogP contribution in [0.5, 0.6) is 0 Å². The number of nitrogens with one attached hydrogen (secondary N) is 2.